The molecule has 5 rings (SSSR count). The van der Waals surface area contributed by atoms with E-state index >= 15 is 0 Å². The van der Waals surface area contributed by atoms with E-state index in [1.165, 1.54) is 0 Å². The number of pyridine rings is 2. The van der Waals surface area contributed by atoms with Gasteiger partial charge in [-0.1, -0.05) is 6.07 Å². The van der Waals surface area contributed by atoms with Gasteiger partial charge in [0.05, 0.1) is 36.7 Å². The first-order valence-corrected chi connectivity index (χ1v) is 10.1. The van der Waals surface area contributed by atoms with E-state index < -0.39 is 0 Å². The molecule has 0 unspecified atom stereocenters. The monoisotopic (exact) mass is 408 g/mol. The van der Waals surface area contributed by atoms with Crippen LogP contribution in [0.2, 0.25) is 0 Å². The molecule has 0 radical (unpaired) electrons. The van der Waals surface area contributed by atoms with E-state index in [9.17, 15) is 4.79 Å². The van der Waals surface area contributed by atoms with Gasteiger partial charge in [0.1, 0.15) is 24.1 Å². The first kappa shape index (κ1) is 19.0. The predicted molar refractivity (Wildman–Crippen MR) is 109 cm³/mol. The molecule has 156 valence electrons. The number of hydrogen-bond donors (Lipinski definition) is 0. The van der Waals surface area contributed by atoms with Crippen LogP contribution in [-0.4, -0.2) is 70.0 Å². The van der Waals surface area contributed by atoms with Gasteiger partial charge in [-0.05, 0) is 37.6 Å². The number of amides is 1. The highest BCUT2D eigenvalue weighted by molar-refractivity contribution is 6.00. The van der Waals surface area contributed by atoms with Gasteiger partial charge in [0.15, 0.2) is 0 Å². The second-order valence-corrected chi connectivity index (χ2v) is 7.92. The standard InChI is InChI=1S/C22H24N4O4/c1-14-3-6-19-18(8-24-26(19)9-14)22(27)25-10-20-21(11-25)29-13-17(12-28-20)30-16-5-4-15(2)23-7-16/h3-9,17,20-21H,10-13H2,1-2H3/t20-,21-/m0/s1. The molecular weight excluding hydrogens is 384 g/mol. The molecule has 3 aromatic heterocycles. The van der Waals surface area contributed by atoms with Gasteiger partial charge in [0, 0.05) is 25.0 Å². The van der Waals surface area contributed by atoms with E-state index in [1.807, 2.05) is 44.3 Å². The van der Waals surface area contributed by atoms with Crippen LogP contribution in [0.4, 0.5) is 0 Å². The van der Waals surface area contributed by atoms with Gasteiger partial charge in [-0.25, -0.2) is 4.52 Å². The summed E-state index contributed by atoms with van der Waals surface area (Å²) in [6.07, 6.45) is 4.72. The maximum Gasteiger partial charge on any atom is 0.257 e. The Balaban J connectivity index is 1.23. The summed E-state index contributed by atoms with van der Waals surface area (Å²) in [5.74, 6) is 0.651. The second-order valence-electron chi connectivity index (χ2n) is 7.92. The zero-order valence-corrected chi connectivity index (χ0v) is 17.0. The van der Waals surface area contributed by atoms with Gasteiger partial charge in [0.25, 0.3) is 5.91 Å². The van der Waals surface area contributed by atoms with Crippen LogP contribution in [0, 0.1) is 13.8 Å². The maximum atomic E-state index is 13.1. The second kappa shape index (κ2) is 7.70. The van der Waals surface area contributed by atoms with Gasteiger partial charge in [-0.15, -0.1) is 0 Å². The average Bonchev–Trinajstić information content (AvgIpc) is 3.30. The molecule has 2 saturated heterocycles. The highest BCUT2D eigenvalue weighted by Crippen LogP contribution is 2.24. The molecule has 0 aromatic carbocycles. The van der Waals surface area contributed by atoms with Crippen molar-refractivity contribution < 1.29 is 19.0 Å². The maximum absolute atomic E-state index is 13.1. The Morgan fingerprint density at radius 2 is 1.83 bits per heavy atom. The van der Waals surface area contributed by atoms with Crippen LogP contribution in [0.3, 0.4) is 0 Å². The summed E-state index contributed by atoms with van der Waals surface area (Å²) in [5.41, 5.74) is 3.43. The van der Waals surface area contributed by atoms with Crippen LogP contribution >= 0.6 is 0 Å². The van der Waals surface area contributed by atoms with E-state index in [-0.39, 0.29) is 24.2 Å². The van der Waals surface area contributed by atoms with E-state index in [1.54, 1.807) is 21.8 Å². The fourth-order valence-electron chi connectivity index (χ4n) is 3.95. The minimum atomic E-state index is -0.202. The largest absolute Gasteiger partial charge is 0.484 e. The molecule has 2 aliphatic heterocycles. The lowest BCUT2D eigenvalue weighted by atomic mass is 10.2. The van der Waals surface area contributed by atoms with Crippen LogP contribution in [0.5, 0.6) is 5.75 Å². The number of carbonyl (C=O) groups excluding carboxylic acids is 1. The third kappa shape index (κ3) is 3.64. The van der Waals surface area contributed by atoms with E-state index in [4.69, 9.17) is 14.2 Å². The Bertz CT molecular complexity index is 1050. The number of nitrogens with zero attached hydrogens (tertiary/aromatic N) is 4. The summed E-state index contributed by atoms with van der Waals surface area (Å²) in [6.45, 7) is 5.73. The van der Waals surface area contributed by atoms with Crippen LogP contribution in [0.15, 0.2) is 42.9 Å². The summed E-state index contributed by atoms with van der Waals surface area (Å²) >= 11 is 0. The lowest BCUT2D eigenvalue weighted by Crippen LogP contribution is -2.32. The van der Waals surface area contributed by atoms with Crippen molar-refractivity contribution in [2.75, 3.05) is 26.3 Å². The molecule has 0 aliphatic carbocycles. The van der Waals surface area contributed by atoms with Crippen molar-refractivity contribution >= 4 is 11.4 Å². The van der Waals surface area contributed by atoms with E-state index in [0.29, 0.717) is 37.6 Å². The number of carbonyl (C=O) groups is 1. The Labute approximate surface area is 174 Å². The van der Waals surface area contributed by atoms with Crippen molar-refractivity contribution in [3.8, 4) is 5.75 Å². The highest BCUT2D eigenvalue weighted by atomic mass is 16.6. The van der Waals surface area contributed by atoms with Gasteiger partial charge in [0.2, 0.25) is 0 Å². The Morgan fingerprint density at radius 1 is 1.07 bits per heavy atom. The third-order valence-corrected chi connectivity index (χ3v) is 5.58. The predicted octanol–water partition coefficient (Wildman–Crippen LogP) is 2.03. The number of likely N-dealkylation sites (tertiary alicyclic amines) is 1. The molecule has 8 nitrogen and oxygen atoms in total. The fourth-order valence-corrected chi connectivity index (χ4v) is 3.95. The van der Waals surface area contributed by atoms with Crippen molar-refractivity contribution in [3.63, 3.8) is 0 Å². The molecule has 2 aliphatic rings. The smallest absolute Gasteiger partial charge is 0.257 e. The van der Waals surface area contributed by atoms with E-state index in [2.05, 4.69) is 10.1 Å². The molecule has 2 fully saturated rings. The number of hydrogen-bond acceptors (Lipinski definition) is 6. The number of aryl methyl sites for hydroxylation is 2. The van der Waals surface area contributed by atoms with Crippen molar-refractivity contribution in [2.45, 2.75) is 32.2 Å². The quantitative estimate of drug-likeness (QED) is 0.660. The zero-order chi connectivity index (χ0) is 20.7. The van der Waals surface area contributed by atoms with Crippen LogP contribution in [0.25, 0.3) is 5.52 Å². The highest BCUT2D eigenvalue weighted by Gasteiger charge is 2.40. The van der Waals surface area contributed by atoms with Crippen molar-refractivity contribution in [1.29, 1.82) is 0 Å². The molecule has 2 atom stereocenters. The molecule has 0 N–H and O–H groups in total. The van der Waals surface area contributed by atoms with Gasteiger partial charge in [-0.2, -0.15) is 5.10 Å². The zero-order valence-electron chi connectivity index (χ0n) is 17.0. The summed E-state index contributed by atoms with van der Waals surface area (Å²) in [6, 6.07) is 7.72. The minimum Gasteiger partial charge on any atom is -0.484 e. The van der Waals surface area contributed by atoms with Gasteiger partial charge in [-0.3, -0.25) is 9.78 Å². The third-order valence-electron chi connectivity index (χ3n) is 5.58. The molecule has 0 spiro atoms. The van der Waals surface area contributed by atoms with Crippen molar-refractivity contribution in [3.05, 3.63) is 59.7 Å². The average molecular weight is 408 g/mol. The number of ether oxygens (including phenoxy) is 3. The summed E-state index contributed by atoms with van der Waals surface area (Å²) in [5, 5.41) is 4.32. The minimum absolute atomic E-state index is 0.0485. The number of fused-ring (bicyclic) bond motifs is 2. The first-order valence-electron chi connectivity index (χ1n) is 10.1. The number of aromatic nitrogens is 3. The SMILES string of the molecule is Cc1ccc2c(C(=O)N3C[C@@H]4OCC(Oc5ccc(C)nc5)CO[C@H]4C3)cnn2c1. The van der Waals surface area contributed by atoms with Crippen molar-refractivity contribution in [1.82, 2.24) is 19.5 Å². The molecule has 0 bridgehead atoms. The van der Waals surface area contributed by atoms with Crippen LogP contribution in [0.1, 0.15) is 21.6 Å². The molecule has 1 amide bonds. The normalized spacial score (nSPS) is 22.1. The van der Waals surface area contributed by atoms with Crippen LogP contribution in [-0.2, 0) is 9.47 Å². The van der Waals surface area contributed by atoms with E-state index in [0.717, 1.165) is 16.8 Å². The molecule has 30 heavy (non-hydrogen) atoms. The number of rotatable bonds is 3. The summed E-state index contributed by atoms with van der Waals surface area (Å²) < 4.78 is 19.8. The first-order chi connectivity index (χ1) is 14.6. The van der Waals surface area contributed by atoms with Gasteiger partial charge < -0.3 is 19.1 Å². The Hall–Kier alpha value is -2.97. The summed E-state index contributed by atoms with van der Waals surface area (Å²) in [4.78, 5) is 19.1. The lowest BCUT2D eigenvalue weighted by Gasteiger charge is -2.19. The Kier molecular flexibility index (Phi) is 4.88. The van der Waals surface area contributed by atoms with Gasteiger partial charge >= 0.3 is 0 Å². The molecule has 0 saturated carbocycles. The molecular formula is C22H24N4O4. The Morgan fingerprint density at radius 3 is 2.53 bits per heavy atom. The van der Waals surface area contributed by atoms with Crippen LogP contribution < -0.4 is 4.74 Å². The lowest BCUT2D eigenvalue weighted by molar-refractivity contribution is -0.00461. The topological polar surface area (TPSA) is 78.2 Å². The molecule has 8 heteroatoms. The fraction of sp³-hybridized carbons (Fsp3) is 0.409. The van der Waals surface area contributed by atoms with Crippen molar-refractivity contribution in [2.24, 2.45) is 0 Å². The summed E-state index contributed by atoms with van der Waals surface area (Å²) in [7, 11) is 0. The molecule has 3 aromatic rings. The molecule has 5 heterocycles.